The summed E-state index contributed by atoms with van der Waals surface area (Å²) in [6.07, 6.45) is 3.39. The Labute approximate surface area is 183 Å². The van der Waals surface area contributed by atoms with Crippen LogP contribution in [0.3, 0.4) is 0 Å². The minimum Gasteiger partial charge on any atom is -0.330 e. The van der Waals surface area contributed by atoms with Crippen molar-refractivity contribution < 1.29 is 9.59 Å². The van der Waals surface area contributed by atoms with Crippen molar-refractivity contribution in [3.05, 3.63) is 57.3 Å². The molecule has 1 aromatic carbocycles. The molecule has 2 aromatic rings. The summed E-state index contributed by atoms with van der Waals surface area (Å²) in [7, 11) is 0. The fraction of sp³-hybridized carbons (Fsp3) is 0.520. The lowest BCUT2D eigenvalue weighted by Gasteiger charge is -2.38. The quantitative estimate of drug-likeness (QED) is 0.681. The molecular formula is C25H32N2O2S. The van der Waals surface area contributed by atoms with E-state index in [0.29, 0.717) is 13.0 Å². The van der Waals surface area contributed by atoms with Gasteiger partial charge in [-0.3, -0.25) is 9.59 Å². The van der Waals surface area contributed by atoms with Crippen molar-refractivity contribution in [3.63, 3.8) is 0 Å². The van der Waals surface area contributed by atoms with Gasteiger partial charge in [0.05, 0.1) is 6.04 Å². The largest absolute Gasteiger partial charge is 0.330 e. The van der Waals surface area contributed by atoms with Crippen molar-refractivity contribution in [3.8, 4) is 0 Å². The number of carbonyl (C=O) groups is 2. The lowest BCUT2D eigenvalue weighted by atomic mass is 9.90. The second kappa shape index (κ2) is 8.18. The molecule has 0 bridgehead atoms. The standard InChI is InChI=1S/C25H32N2O2S/c1-17-7-5-6-8-19(17)24-20-12-14-30-21(20)11-13-26(24)23(29)16-27(18-9-10-18)22(28)15-25(2,3)4/h5-8,12,14,18,24H,9-11,13,15-16H2,1-4H3/t24-/m0/s1. The Kier molecular flexibility index (Phi) is 5.75. The van der Waals surface area contributed by atoms with Crippen LogP contribution in [0.2, 0.25) is 0 Å². The number of nitrogens with zero attached hydrogens (tertiary/aromatic N) is 2. The smallest absolute Gasteiger partial charge is 0.243 e. The van der Waals surface area contributed by atoms with Crippen LogP contribution in [0, 0.1) is 12.3 Å². The molecule has 30 heavy (non-hydrogen) atoms. The molecule has 2 heterocycles. The van der Waals surface area contributed by atoms with E-state index in [1.54, 1.807) is 11.3 Å². The number of hydrogen-bond donors (Lipinski definition) is 0. The van der Waals surface area contributed by atoms with Gasteiger partial charge >= 0.3 is 0 Å². The molecule has 0 N–H and O–H groups in total. The number of aryl methyl sites for hydroxylation is 1. The van der Waals surface area contributed by atoms with Crippen molar-refractivity contribution in [2.45, 2.75) is 65.5 Å². The molecule has 0 unspecified atom stereocenters. The third kappa shape index (κ3) is 4.46. The highest BCUT2D eigenvalue weighted by Crippen LogP contribution is 2.39. The average Bonchev–Trinajstić information content (AvgIpc) is 3.40. The third-order valence-electron chi connectivity index (χ3n) is 6.06. The van der Waals surface area contributed by atoms with Gasteiger partial charge in [0.15, 0.2) is 0 Å². The van der Waals surface area contributed by atoms with E-state index in [2.05, 4.69) is 57.3 Å². The van der Waals surface area contributed by atoms with Crippen LogP contribution in [-0.2, 0) is 16.0 Å². The predicted octanol–water partition coefficient (Wildman–Crippen LogP) is 4.96. The first-order valence-electron chi connectivity index (χ1n) is 11.0. The lowest BCUT2D eigenvalue weighted by Crippen LogP contribution is -2.48. The monoisotopic (exact) mass is 424 g/mol. The summed E-state index contributed by atoms with van der Waals surface area (Å²) in [4.78, 5) is 31.8. The summed E-state index contributed by atoms with van der Waals surface area (Å²) in [6.45, 7) is 9.25. The highest BCUT2D eigenvalue weighted by molar-refractivity contribution is 7.10. The molecule has 1 fully saturated rings. The van der Waals surface area contributed by atoms with Crippen molar-refractivity contribution in [1.82, 2.24) is 9.80 Å². The van der Waals surface area contributed by atoms with Gasteiger partial charge in [-0.2, -0.15) is 0 Å². The number of thiophene rings is 1. The SMILES string of the molecule is Cc1ccccc1[C@H]1c2ccsc2CCN1C(=O)CN(C(=O)CC(C)(C)C)C1CC1. The molecule has 2 aliphatic rings. The van der Waals surface area contributed by atoms with E-state index in [1.807, 2.05) is 15.9 Å². The number of fused-ring (bicyclic) bond motifs is 1. The predicted molar refractivity (Wildman–Crippen MR) is 122 cm³/mol. The molecule has 1 aliphatic heterocycles. The summed E-state index contributed by atoms with van der Waals surface area (Å²) >= 11 is 1.78. The number of benzene rings is 1. The van der Waals surface area contributed by atoms with E-state index in [1.165, 1.54) is 21.6 Å². The first kappa shape index (κ1) is 21.1. The van der Waals surface area contributed by atoms with Gasteiger partial charge in [-0.05, 0) is 59.7 Å². The Hall–Kier alpha value is -2.14. The Morgan fingerprint density at radius 2 is 1.87 bits per heavy atom. The maximum Gasteiger partial charge on any atom is 0.243 e. The molecular weight excluding hydrogens is 392 g/mol. The van der Waals surface area contributed by atoms with Crippen molar-refractivity contribution in [2.75, 3.05) is 13.1 Å². The summed E-state index contributed by atoms with van der Waals surface area (Å²) in [6, 6.07) is 10.7. The number of amides is 2. The summed E-state index contributed by atoms with van der Waals surface area (Å²) in [5.41, 5.74) is 3.55. The summed E-state index contributed by atoms with van der Waals surface area (Å²) < 4.78 is 0. The molecule has 160 valence electrons. The van der Waals surface area contributed by atoms with Crippen LogP contribution in [0.15, 0.2) is 35.7 Å². The first-order chi connectivity index (χ1) is 14.2. The minimum absolute atomic E-state index is 0.0625. The minimum atomic E-state index is -0.0757. The van der Waals surface area contributed by atoms with Gasteiger partial charge in [-0.15, -0.1) is 11.3 Å². The van der Waals surface area contributed by atoms with Crippen LogP contribution in [0.1, 0.15) is 67.6 Å². The second-order valence-corrected chi connectivity index (χ2v) is 10.9. The maximum absolute atomic E-state index is 13.6. The summed E-state index contributed by atoms with van der Waals surface area (Å²) in [5.74, 6) is 0.174. The average molecular weight is 425 g/mol. The summed E-state index contributed by atoms with van der Waals surface area (Å²) in [5, 5.41) is 2.13. The Balaban J connectivity index is 1.60. The van der Waals surface area contributed by atoms with Crippen LogP contribution in [0.5, 0.6) is 0 Å². The van der Waals surface area contributed by atoms with E-state index in [-0.39, 0.29) is 35.9 Å². The van der Waals surface area contributed by atoms with E-state index in [9.17, 15) is 9.59 Å². The molecule has 5 heteroatoms. The van der Waals surface area contributed by atoms with Crippen LogP contribution < -0.4 is 0 Å². The van der Waals surface area contributed by atoms with Gasteiger partial charge in [0.1, 0.15) is 6.54 Å². The van der Waals surface area contributed by atoms with Crippen molar-refractivity contribution in [2.24, 2.45) is 5.41 Å². The van der Waals surface area contributed by atoms with Gasteiger partial charge in [-0.25, -0.2) is 0 Å². The van der Waals surface area contributed by atoms with Gasteiger partial charge in [0.25, 0.3) is 0 Å². The van der Waals surface area contributed by atoms with Gasteiger partial charge in [0.2, 0.25) is 11.8 Å². The lowest BCUT2D eigenvalue weighted by molar-refractivity contribution is -0.143. The van der Waals surface area contributed by atoms with Gasteiger partial charge in [-0.1, -0.05) is 45.0 Å². The first-order valence-corrected chi connectivity index (χ1v) is 11.8. The van der Waals surface area contributed by atoms with Gasteiger partial charge in [0, 0.05) is 23.9 Å². The molecule has 1 aliphatic carbocycles. The molecule has 0 radical (unpaired) electrons. The molecule has 2 amide bonds. The zero-order valence-electron chi connectivity index (χ0n) is 18.5. The fourth-order valence-electron chi connectivity index (χ4n) is 4.41. The van der Waals surface area contributed by atoms with Crippen LogP contribution >= 0.6 is 11.3 Å². The normalized spacial score (nSPS) is 18.8. The van der Waals surface area contributed by atoms with Crippen molar-refractivity contribution in [1.29, 1.82) is 0 Å². The van der Waals surface area contributed by atoms with Crippen LogP contribution in [0.25, 0.3) is 0 Å². The molecule has 1 saturated carbocycles. The van der Waals surface area contributed by atoms with E-state index in [4.69, 9.17) is 0 Å². The number of rotatable bonds is 5. The van der Waals surface area contributed by atoms with Crippen LogP contribution in [0.4, 0.5) is 0 Å². The van der Waals surface area contributed by atoms with Gasteiger partial charge < -0.3 is 9.80 Å². The Bertz CT molecular complexity index is 939. The number of hydrogen-bond acceptors (Lipinski definition) is 3. The molecule has 0 spiro atoms. The zero-order valence-corrected chi connectivity index (χ0v) is 19.3. The van der Waals surface area contributed by atoms with E-state index in [0.717, 1.165) is 19.3 Å². The molecule has 1 atom stereocenters. The third-order valence-corrected chi connectivity index (χ3v) is 7.06. The Morgan fingerprint density at radius 3 is 2.53 bits per heavy atom. The van der Waals surface area contributed by atoms with E-state index < -0.39 is 0 Å². The van der Waals surface area contributed by atoms with Crippen LogP contribution in [-0.4, -0.2) is 40.7 Å². The zero-order chi connectivity index (χ0) is 21.5. The molecule has 4 rings (SSSR count). The maximum atomic E-state index is 13.6. The second-order valence-electron chi connectivity index (χ2n) is 9.89. The van der Waals surface area contributed by atoms with E-state index >= 15 is 0 Å². The highest BCUT2D eigenvalue weighted by Gasteiger charge is 2.39. The topological polar surface area (TPSA) is 40.6 Å². The fourth-order valence-corrected chi connectivity index (χ4v) is 5.32. The highest BCUT2D eigenvalue weighted by atomic mass is 32.1. The number of carbonyl (C=O) groups excluding carboxylic acids is 2. The Morgan fingerprint density at radius 1 is 1.13 bits per heavy atom. The molecule has 0 saturated heterocycles. The van der Waals surface area contributed by atoms with Crippen molar-refractivity contribution >= 4 is 23.2 Å². The molecule has 1 aromatic heterocycles. The molecule has 4 nitrogen and oxygen atoms in total.